The smallest absolute Gasteiger partial charge is 0.0345 e. The predicted octanol–water partition coefficient (Wildman–Crippen LogP) is 4.41. The van der Waals surface area contributed by atoms with Gasteiger partial charge in [-0.05, 0) is 23.8 Å². The van der Waals surface area contributed by atoms with Crippen LogP contribution in [0.25, 0.3) is 0 Å². The van der Waals surface area contributed by atoms with Crippen molar-refractivity contribution >= 4 is 0 Å². The van der Waals surface area contributed by atoms with E-state index < -0.39 is 0 Å². The van der Waals surface area contributed by atoms with Crippen LogP contribution < -0.4 is 5.32 Å². The van der Waals surface area contributed by atoms with Gasteiger partial charge in [0.2, 0.25) is 0 Å². The fourth-order valence-electron chi connectivity index (χ4n) is 2.35. The number of benzene rings is 1. The minimum absolute atomic E-state index is 0.462. The van der Waals surface area contributed by atoms with Crippen LogP contribution in [0, 0.1) is 11.8 Å². The predicted molar refractivity (Wildman–Crippen MR) is 76.1 cm³/mol. The molecule has 17 heavy (non-hydrogen) atoms. The van der Waals surface area contributed by atoms with Crippen LogP contribution in [0.15, 0.2) is 30.3 Å². The van der Waals surface area contributed by atoms with E-state index in [0.29, 0.717) is 23.9 Å². The van der Waals surface area contributed by atoms with Crippen LogP contribution in [0.1, 0.15) is 52.6 Å². The Balaban J connectivity index is 2.80. The van der Waals surface area contributed by atoms with Crippen molar-refractivity contribution in [2.45, 2.75) is 53.1 Å². The van der Waals surface area contributed by atoms with E-state index >= 15 is 0 Å². The van der Waals surface area contributed by atoms with E-state index in [1.807, 2.05) is 0 Å². The second-order valence-corrected chi connectivity index (χ2v) is 5.56. The highest BCUT2D eigenvalue weighted by Gasteiger charge is 2.20. The third kappa shape index (κ3) is 4.16. The van der Waals surface area contributed by atoms with Gasteiger partial charge in [0, 0.05) is 12.1 Å². The van der Waals surface area contributed by atoms with E-state index in [9.17, 15) is 0 Å². The zero-order chi connectivity index (χ0) is 12.8. The molecule has 1 nitrogen and oxygen atoms in total. The first-order valence-corrected chi connectivity index (χ1v) is 6.87. The molecule has 1 rings (SSSR count). The maximum atomic E-state index is 3.82. The van der Waals surface area contributed by atoms with Crippen molar-refractivity contribution in [2.24, 2.45) is 11.8 Å². The first-order valence-electron chi connectivity index (χ1n) is 6.87. The largest absolute Gasteiger partial charge is 0.307 e. The molecule has 0 saturated heterocycles. The fraction of sp³-hybridized carbons (Fsp3) is 0.625. The van der Waals surface area contributed by atoms with Crippen molar-refractivity contribution in [3.8, 4) is 0 Å². The molecule has 2 unspecified atom stereocenters. The molecular weight excluding hydrogens is 206 g/mol. The molecule has 0 spiro atoms. The van der Waals surface area contributed by atoms with Crippen molar-refractivity contribution < 1.29 is 0 Å². The Kier molecular flexibility index (Phi) is 5.70. The van der Waals surface area contributed by atoms with E-state index in [1.165, 1.54) is 12.0 Å². The van der Waals surface area contributed by atoms with Crippen LogP contribution in [-0.4, -0.2) is 6.04 Å². The number of hydrogen-bond donors (Lipinski definition) is 1. The lowest BCUT2D eigenvalue weighted by Gasteiger charge is -2.30. The third-order valence-corrected chi connectivity index (χ3v) is 3.46. The summed E-state index contributed by atoms with van der Waals surface area (Å²) in [6.07, 6.45) is 1.19. The van der Waals surface area contributed by atoms with E-state index in [2.05, 4.69) is 70.3 Å². The summed E-state index contributed by atoms with van der Waals surface area (Å²) in [6.45, 7) is 11.4. The van der Waals surface area contributed by atoms with Gasteiger partial charge in [-0.1, -0.05) is 65.0 Å². The molecule has 1 heteroatoms. The van der Waals surface area contributed by atoms with Gasteiger partial charge in [0.25, 0.3) is 0 Å². The normalized spacial score (nSPS) is 15.2. The van der Waals surface area contributed by atoms with Gasteiger partial charge >= 0.3 is 0 Å². The van der Waals surface area contributed by atoms with Crippen LogP contribution >= 0.6 is 0 Å². The fourth-order valence-corrected chi connectivity index (χ4v) is 2.35. The zero-order valence-corrected chi connectivity index (χ0v) is 11.9. The Bertz CT molecular complexity index is 303. The van der Waals surface area contributed by atoms with E-state index in [-0.39, 0.29) is 0 Å². The Morgan fingerprint density at radius 1 is 0.941 bits per heavy atom. The van der Waals surface area contributed by atoms with Gasteiger partial charge in [-0.2, -0.15) is 0 Å². The highest BCUT2D eigenvalue weighted by Crippen LogP contribution is 2.23. The summed E-state index contributed by atoms with van der Waals surface area (Å²) in [5, 5.41) is 3.82. The molecule has 0 aromatic heterocycles. The third-order valence-electron chi connectivity index (χ3n) is 3.46. The summed E-state index contributed by atoms with van der Waals surface area (Å²) in [5.74, 6) is 1.30. The molecule has 2 atom stereocenters. The maximum Gasteiger partial charge on any atom is 0.0345 e. The molecular formula is C16H27N. The summed E-state index contributed by atoms with van der Waals surface area (Å²) < 4.78 is 0. The Morgan fingerprint density at radius 2 is 1.53 bits per heavy atom. The zero-order valence-electron chi connectivity index (χ0n) is 11.9. The Labute approximate surface area is 107 Å². The lowest BCUT2D eigenvalue weighted by Crippen LogP contribution is -2.38. The molecule has 0 bridgehead atoms. The van der Waals surface area contributed by atoms with Gasteiger partial charge < -0.3 is 5.32 Å². The van der Waals surface area contributed by atoms with Crippen LogP contribution in [0.2, 0.25) is 0 Å². The van der Waals surface area contributed by atoms with Crippen LogP contribution in [-0.2, 0) is 0 Å². The Morgan fingerprint density at radius 3 is 1.94 bits per heavy atom. The first kappa shape index (κ1) is 14.2. The number of rotatable bonds is 6. The van der Waals surface area contributed by atoms with Crippen molar-refractivity contribution in [1.82, 2.24) is 5.32 Å². The van der Waals surface area contributed by atoms with Crippen molar-refractivity contribution in [2.75, 3.05) is 0 Å². The summed E-state index contributed by atoms with van der Waals surface area (Å²) in [5.41, 5.74) is 1.40. The van der Waals surface area contributed by atoms with Gasteiger partial charge in [0.15, 0.2) is 0 Å². The van der Waals surface area contributed by atoms with Gasteiger partial charge in [0.1, 0.15) is 0 Å². The molecule has 96 valence electrons. The van der Waals surface area contributed by atoms with E-state index in [1.54, 1.807) is 0 Å². The summed E-state index contributed by atoms with van der Waals surface area (Å²) in [4.78, 5) is 0. The highest BCUT2D eigenvalue weighted by molar-refractivity contribution is 5.19. The van der Waals surface area contributed by atoms with Crippen LogP contribution in [0.4, 0.5) is 0 Å². The van der Waals surface area contributed by atoms with Gasteiger partial charge in [-0.25, -0.2) is 0 Å². The van der Waals surface area contributed by atoms with Crippen LogP contribution in [0.3, 0.4) is 0 Å². The minimum atomic E-state index is 0.462. The van der Waals surface area contributed by atoms with E-state index in [4.69, 9.17) is 0 Å². The molecule has 0 amide bonds. The average molecular weight is 233 g/mol. The SMILES string of the molecule is CCC(NC(c1ccccc1)C(C)C)C(C)C. The molecule has 0 fully saturated rings. The van der Waals surface area contributed by atoms with Crippen molar-refractivity contribution in [3.05, 3.63) is 35.9 Å². The monoisotopic (exact) mass is 233 g/mol. The van der Waals surface area contributed by atoms with Crippen LogP contribution in [0.5, 0.6) is 0 Å². The standard InChI is InChI=1S/C16H27N/c1-6-15(12(2)3)17-16(13(4)5)14-10-8-7-9-11-14/h7-13,15-17H,6H2,1-5H3. The Hall–Kier alpha value is -0.820. The molecule has 1 N–H and O–H groups in total. The molecule has 1 aromatic carbocycles. The number of hydrogen-bond acceptors (Lipinski definition) is 1. The van der Waals surface area contributed by atoms with Gasteiger partial charge in [0.05, 0.1) is 0 Å². The molecule has 0 radical (unpaired) electrons. The molecule has 1 aromatic rings. The quantitative estimate of drug-likeness (QED) is 0.767. The number of nitrogens with one attached hydrogen (secondary N) is 1. The lowest BCUT2D eigenvalue weighted by molar-refractivity contribution is 0.302. The first-order chi connectivity index (χ1) is 8.06. The summed E-state index contributed by atoms with van der Waals surface area (Å²) in [7, 11) is 0. The van der Waals surface area contributed by atoms with Crippen molar-refractivity contribution in [1.29, 1.82) is 0 Å². The van der Waals surface area contributed by atoms with E-state index in [0.717, 1.165) is 0 Å². The molecule has 0 aliphatic carbocycles. The van der Waals surface area contributed by atoms with Gasteiger partial charge in [-0.15, -0.1) is 0 Å². The highest BCUT2D eigenvalue weighted by atomic mass is 15.0. The molecule has 0 saturated carbocycles. The summed E-state index contributed by atoms with van der Waals surface area (Å²) in [6, 6.07) is 11.9. The maximum absolute atomic E-state index is 3.82. The second-order valence-electron chi connectivity index (χ2n) is 5.56. The summed E-state index contributed by atoms with van der Waals surface area (Å²) >= 11 is 0. The second kappa shape index (κ2) is 6.80. The van der Waals surface area contributed by atoms with Crippen molar-refractivity contribution in [3.63, 3.8) is 0 Å². The topological polar surface area (TPSA) is 12.0 Å². The molecule has 0 heterocycles. The molecule has 0 aliphatic heterocycles. The average Bonchev–Trinajstić information content (AvgIpc) is 2.30. The molecule has 0 aliphatic rings. The minimum Gasteiger partial charge on any atom is -0.307 e. The lowest BCUT2D eigenvalue weighted by atomic mass is 9.92. The van der Waals surface area contributed by atoms with Gasteiger partial charge in [-0.3, -0.25) is 0 Å².